The maximum atomic E-state index is 12.9. The summed E-state index contributed by atoms with van der Waals surface area (Å²) in [4.78, 5) is 3.96. The van der Waals surface area contributed by atoms with Crippen molar-refractivity contribution < 1.29 is 8.42 Å². The van der Waals surface area contributed by atoms with Gasteiger partial charge < -0.3 is 5.73 Å². The van der Waals surface area contributed by atoms with Gasteiger partial charge in [0.2, 0.25) is 0 Å². The zero-order chi connectivity index (χ0) is 15.0. The number of pyridine rings is 1. The van der Waals surface area contributed by atoms with Crippen molar-refractivity contribution in [3.63, 3.8) is 0 Å². The van der Waals surface area contributed by atoms with Gasteiger partial charge in [-0.3, -0.25) is 9.29 Å². The minimum absolute atomic E-state index is 0.0638. The molecule has 1 aromatic carbocycles. The second-order valence-electron chi connectivity index (χ2n) is 5.39. The number of benzene rings is 1. The standard InChI is InChI=1S/C15H17N3O2S/c1-11-8-12-4-2-3-5-14(12)18(10-11)21(19,20)15-9-17-7-6-13(15)16/h2-7,9,11H,8,10H2,1H3,(H2,16,17). The number of para-hydroxylation sites is 1. The Morgan fingerprint density at radius 2 is 2.05 bits per heavy atom. The fraction of sp³-hybridized carbons (Fsp3) is 0.267. The van der Waals surface area contributed by atoms with Gasteiger partial charge in [0.05, 0.1) is 11.4 Å². The van der Waals surface area contributed by atoms with Crippen molar-refractivity contribution >= 4 is 21.4 Å². The molecule has 3 rings (SSSR count). The smallest absolute Gasteiger partial charge is 0.267 e. The van der Waals surface area contributed by atoms with Crippen LogP contribution in [0.4, 0.5) is 11.4 Å². The summed E-state index contributed by atoms with van der Waals surface area (Å²) in [5.41, 5.74) is 7.82. The first-order valence-electron chi connectivity index (χ1n) is 6.80. The number of sulfonamides is 1. The molecule has 1 unspecified atom stereocenters. The Hall–Kier alpha value is -2.08. The Morgan fingerprint density at radius 1 is 1.29 bits per heavy atom. The molecule has 2 N–H and O–H groups in total. The molecule has 1 aliphatic rings. The van der Waals surface area contributed by atoms with Crippen LogP contribution in [0.3, 0.4) is 0 Å². The van der Waals surface area contributed by atoms with E-state index in [9.17, 15) is 8.42 Å². The van der Waals surface area contributed by atoms with Crippen molar-refractivity contribution in [2.24, 2.45) is 5.92 Å². The summed E-state index contributed by atoms with van der Waals surface area (Å²) >= 11 is 0. The number of nitrogens with zero attached hydrogens (tertiary/aromatic N) is 2. The largest absolute Gasteiger partial charge is 0.398 e. The van der Waals surface area contributed by atoms with Gasteiger partial charge in [-0.25, -0.2) is 8.42 Å². The summed E-state index contributed by atoms with van der Waals surface area (Å²) in [6.07, 6.45) is 3.68. The molecule has 110 valence electrons. The first kappa shape index (κ1) is 13.9. The number of hydrogen-bond donors (Lipinski definition) is 1. The minimum atomic E-state index is -3.69. The lowest BCUT2D eigenvalue weighted by Crippen LogP contribution is -2.39. The first-order valence-corrected chi connectivity index (χ1v) is 8.24. The maximum absolute atomic E-state index is 12.9. The number of nitrogens with two attached hydrogens (primary N) is 1. The van der Waals surface area contributed by atoms with Crippen LogP contribution in [-0.4, -0.2) is 19.9 Å². The van der Waals surface area contributed by atoms with Gasteiger partial charge in [-0.15, -0.1) is 0 Å². The highest BCUT2D eigenvalue weighted by atomic mass is 32.2. The molecule has 0 saturated carbocycles. The van der Waals surface area contributed by atoms with Crippen molar-refractivity contribution in [3.05, 3.63) is 48.3 Å². The number of aromatic nitrogens is 1. The second kappa shape index (κ2) is 5.04. The zero-order valence-corrected chi connectivity index (χ0v) is 12.5. The Morgan fingerprint density at radius 3 is 2.81 bits per heavy atom. The highest BCUT2D eigenvalue weighted by Gasteiger charge is 2.32. The van der Waals surface area contributed by atoms with E-state index in [2.05, 4.69) is 4.98 Å². The normalized spacial score (nSPS) is 18.3. The molecule has 0 amide bonds. The lowest BCUT2D eigenvalue weighted by Gasteiger charge is -2.34. The maximum Gasteiger partial charge on any atom is 0.267 e. The number of anilines is 2. The fourth-order valence-electron chi connectivity index (χ4n) is 2.70. The Kier molecular flexibility index (Phi) is 3.33. The zero-order valence-electron chi connectivity index (χ0n) is 11.7. The van der Waals surface area contributed by atoms with Crippen molar-refractivity contribution in [1.82, 2.24) is 4.98 Å². The summed E-state index contributed by atoms with van der Waals surface area (Å²) in [6.45, 7) is 2.50. The van der Waals surface area contributed by atoms with Gasteiger partial charge in [0, 0.05) is 18.9 Å². The third kappa shape index (κ3) is 2.35. The summed E-state index contributed by atoms with van der Waals surface area (Å²) in [6, 6.07) is 9.10. The average molecular weight is 303 g/mol. The molecule has 2 heterocycles. The molecule has 0 spiro atoms. The lowest BCUT2D eigenvalue weighted by molar-refractivity contribution is 0.545. The molecule has 0 radical (unpaired) electrons. The summed E-state index contributed by atoms with van der Waals surface area (Å²) < 4.78 is 27.3. The molecule has 1 aliphatic heterocycles. The van der Waals surface area contributed by atoms with Crippen molar-refractivity contribution in [1.29, 1.82) is 0 Å². The summed E-state index contributed by atoms with van der Waals surface area (Å²) in [7, 11) is -3.69. The van der Waals surface area contributed by atoms with Crippen molar-refractivity contribution in [3.8, 4) is 0 Å². The fourth-order valence-corrected chi connectivity index (χ4v) is 4.39. The SMILES string of the molecule is CC1Cc2ccccc2N(S(=O)(=O)c2cnccc2N)C1. The number of nitrogen functional groups attached to an aromatic ring is 1. The van der Waals surface area contributed by atoms with Gasteiger partial charge in [0.1, 0.15) is 4.90 Å². The van der Waals surface area contributed by atoms with Crippen LogP contribution < -0.4 is 10.0 Å². The topological polar surface area (TPSA) is 76.3 Å². The molecule has 0 bridgehead atoms. The predicted octanol–water partition coefficient (Wildman–Crippen LogP) is 2.05. The Bertz CT molecular complexity index is 774. The van der Waals surface area contributed by atoms with E-state index in [4.69, 9.17) is 5.73 Å². The van der Waals surface area contributed by atoms with Crippen LogP contribution in [-0.2, 0) is 16.4 Å². The number of hydrogen-bond acceptors (Lipinski definition) is 4. The first-order chi connectivity index (χ1) is 10.00. The van der Waals surface area contributed by atoms with E-state index >= 15 is 0 Å². The number of rotatable bonds is 2. The molecule has 0 aliphatic carbocycles. The van der Waals surface area contributed by atoms with E-state index < -0.39 is 10.0 Å². The molecule has 6 heteroatoms. The van der Waals surface area contributed by atoms with E-state index in [-0.39, 0.29) is 16.5 Å². The van der Waals surface area contributed by atoms with Gasteiger partial charge in [0.25, 0.3) is 10.0 Å². The van der Waals surface area contributed by atoms with Gasteiger partial charge in [0.15, 0.2) is 0 Å². The Balaban J connectivity index is 2.14. The Labute approximate surface area is 124 Å². The van der Waals surface area contributed by atoms with Crippen LogP contribution in [0.5, 0.6) is 0 Å². The quantitative estimate of drug-likeness (QED) is 0.921. The van der Waals surface area contributed by atoms with Crippen LogP contribution >= 0.6 is 0 Å². The van der Waals surface area contributed by atoms with E-state index in [1.54, 1.807) is 0 Å². The molecule has 0 saturated heterocycles. The molecule has 5 nitrogen and oxygen atoms in total. The molecule has 1 atom stereocenters. The highest BCUT2D eigenvalue weighted by Crippen LogP contribution is 2.34. The second-order valence-corrected chi connectivity index (χ2v) is 7.22. The van der Waals surface area contributed by atoms with Crippen LogP contribution in [0.15, 0.2) is 47.6 Å². The van der Waals surface area contributed by atoms with Crippen LogP contribution in [0.1, 0.15) is 12.5 Å². The van der Waals surface area contributed by atoms with Crippen molar-refractivity contribution in [2.45, 2.75) is 18.2 Å². The summed E-state index contributed by atoms with van der Waals surface area (Å²) in [5, 5.41) is 0. The van der Waals surface area contributed by atoms with E-state index in [1.807, 2.05) is 31.2 Å². The lowest BCUT2D eigenvalue weighted by atomic mass is 9.96. The van der Waals surface area contributed by atoms with Gasteiger partial charge in [-0.2, -0.15) is 0 Å². The van der Waals surface area contributed by atoms with E-state index in [0.717, 1.165) is 17.7 Å². The van der Waals surface area contributed by atoms with Crippen LogP contribution in [0.25, 0.3) is 0 Å². The molecule has 21 heavy (non-hydrogen) atoms. The third-order valence-electron chi connectivity index (χ3n) is 3.69. The molecule has 2 aromatic rings. The molecule has 0 fully saturated rings. The molecular formula is C15H17N3O2S. The minimum Gasteiger partial charge on any atom is -0.398 e. The average Bonchev–Trinajstić information content (AvgIpc) is 2.46. The highest BCUT2D eigenvalue weighted by molar-refractivity contribution is 7.93. The molecule has 1 aromatic heterocycles. The van der Waals surface area contributed by atoms with E-state index in [0.29, 0.717) is 6.54 Å². The summed E-state index contributed by atoms with van der Waals surface area (Å²) in [5.74, 6) is 0.257. The van der Waals surface area contributed by atoms with Gasteiger partial charge >= 0.3 is 0 Å². The van der Waals surface area contributed by atoms with Crippen molar-refractivity contribution in [2.75, 3.05) is 16.6 Å². The van der Waals surface area contributed by atoms with Gasteiger partial charge in [-0.1, -0.05) is 25.1 Å². The molecular weight excluding hydrogens is 286 g/mol. The third-order valence-corrected chi connectivity index (χ3v) is 5.51. The number of fused-ring (bicyclic) bond motifs is 1. The monoisotopic (exact) mass is 303 g/mol. The van der Waals surface area contributed by atoms with Gasteiger partial charge in [-0.05, 0) is 30.0 Å². The predicted molar refractivity (Wildman–Crippen MR) is 82.5 cm³/mol. The van der Waals surface area contributed by atoms with Crippen LogP contribution in [0.2, 0.25) is 0 Å². The van der Waals surface area contributed by atoms with E-state index in [1.165, 1.54) is 22.8 Å². The van der Waals surface area contributed by atoms with Crippen LogP contribution in [0, 0.1) is 5.92 Å².